The molecule has 0 aromatic heterocycles. The molecule has 0 saturated carbocycles. The minimum absolute atomic E-state index is 0.110. The molecule has 0 fully saturated rings. The molecule has 18 heavy (non-hydrogen) atoms. The van der Waals surface area contributed by atoms with Gasteiger partial charge in [0.05, 0.1) is 24.2 Å². The number of hydrogen-bond acceptors (Lipinski definition) is 5. The first-order chi connectivity index (χ1) is 8.49. The summed E-state index contributed by atoms with van der Waals surface area (Å²) in [5.74, 6) is -0.578. The summed E-state index contributed by atoms with van der Waals surface area (Å²) in [6.07, 6.45) is 0. The quantitative estimate of drug-likeness (QED) is 0.505. The van der Waals surface area contributed by atoms with Crippen LogP contribution in [0, 0.1) is 17.0 Å². The molecule has 0 aliphatic heterocycles. The summed E-state index contributed by atoms with van der Waals surface area (Å²) < 4.78 is 0. The van der Waals surface area contributed by atoms with Crippen molar-refractivity contribution >= 4 is 11.6 Å². The monoisotopic (exact) mass is 254 g/mol. The molecule has 0 saturated heterocycles. The largest absolute Gasteiger partial charge is 0.394 e. The number of aliphatic hydroxyl groups is 2. The van der Waals surface area contributed by atoms with Crippen molar-refractivity contribution in [1.82, 2.24) is 5.32 Å². The van der Waals surface area contributed by atoms with E-state index in [9.17, 15) is 14.9 Å². The zero-order valence-electron chi connectivity index (χ0n) is 9.79. The third-order valence-corrected chi connectivity index (χ3v) is 2.44. The Labute approximate surface area is 103 Å². The van der Waals surface area contributed by atoms with Crippen LogP contribution in [0.5, 0.6) is 0 Å². The Morgan fingerprint density at radius 1 is 1.44 bits per heavy atom. The SMILES string of the molecule is Cc1ccc(C(=O)NC(CO)CO)cc1[N+](=O)[O-]. The van der Waals surface area contributed by atoms with Crippen molar-refractivity contribution in [3.05, 3.63) is 39.4 Å². The molecule has 0 aliphatic rings. The van der Waals surface area contributed by atoms with Crippen LogP contribution in [0.3, 0.4) is 0 Å². The molecule has 98 valence electrons. The molecule has 1 aromatic rings. The number of aryl methyl sites for hydroxylation is 1. The number of rotatable bonds is 5. The highest BCUT2D eigenvalue weighted by atomic mass is 16.6. The lowest BCUT2D eigenvalue weighted by Crippen LogP contribution is -2.40. The molecule has 7 nitrogen and oxygen atoms in total. The average Bonchev–Trinajstić information content (AvgIpc) is 2.35. The first-order valence-electron chi connectivity index (χ1n) is 5.27. The molecule has 0 aliphatic carbocycles. The van der Waals surface area contributed by atoms with E-state index >= 15 is 0 Å². The zero-order valence-corrected chi connectivity index (χ0v) is 9.79. The lowest BCUT2D eigenvalue weighted by atomic mass is 10.1. The molecule has 1 rings (SSSR count). The number of hydrogen-bond donors (Lipinski definition) is 3. The fourth-order valence-corrected chi connectivity index (χ4v) is 1.37. The first kappa shape index (κ1) is 14.1. The van der Waals surface area contributed by atoms with Gasteiger partial charge in [0.25, 0.3) is 11.6 Å². The smallest absolute Gasteiger partial charge is 0.273 e. The summed E-state index contributed by atoms with van der Waals surface area (Å²) in [6.45, 7) is 0.760. The maximum absolute atomic E-state index is 11.7. The lowest BCUT2D eigenvalue weighted by Gasteiger charge is -2.13. The van der Waals surface area contributed by atoms with Gasteiger partial charge in [-0.3, -0.25) is 14.9 Å². The number of aliphatic hydroxyl groups excluding tert-OH is 2. The van der Waals surface area contributed by atoms with E-state index in [0.29, 0.717) is 5.56 Å². The van der Waals surface area contributed by atoms with Gasteiger partial charge in [0.1, 0.15) is 0 Å². The van der Waals surface area contributed by atoms with Gasteiger partial charge in [0, 0.05) is 17.2 Å². The maximum Gasteiger partial charge on any atom is 0.273 e. The van der Waals surface area contributed by atoms with Crippen molar-refractivity contribution in [3.8, 4) is 0 Å². The molecule has 0 unspecified atom stereocenters. The van der Waals surface area contributed by atoms with E-state index in [2.05, 4.69) is 5.32 Å². The molecule has 0 atom stereocenters. The van der Waals surface area contributed by atoms with Crippen molar-refractivity contribution in [3.63, 3.8) is 0 Å². The molecule has 1 aromatic carbocycles. The van der Waals surface area contributed by atoms with Crippen LogP contribution in [-0.4, -0.2) is 40.3 Å². The topological polar surface area (TPSA) is 113 Å². The first-order valence-corrected chi connectivity index (χ1v) is 5.27. The molecular formula is C11H14N2O5. The molecule has 7 heteroatoms. The number of carbonyl (C=O) groups is 1. The van der Waals surface area contributed by atoms with Crippen LogP contribution in [0.2, 0.25) is 0 Å². The normalized spacial score (nSPS) is 10.4. The Morgan fingerprint density at radius 2 is 2.06 bits per heavy atom. The second-order valence-corrected chi connectivity index (χ2v) is 3.79. The molecular weight excluding hydrogens is 240 g/mol. The Morgan fingerprint density at radius 3 is 2.56 bits per heavy atom. The number of nitro benzene ring substituents is 1. The highest BCUT2D eigenvalue weighted by Gasteiger charge is 2.17. The van der Waals surface area contributed by atoms with E-state index in [1.165, 1.54) is 12.1 Å². The van der Waals surface area contributed by atoms with E-state index in [1.54, 1.807) is 6.92 Å². The minimum atomic E-state index is -0.780. The maximum atomic E-state index is 11.7. The van der Waals surface area contributed by atoms with Gasteiger partial charge in [-0.15, -0.1) is 0 Å². The Balaban J connectivity index is 2.93. The third-order valence-electron chi connectivity index (χ3n) is 2.44. The third kappa shape index (κ3) is 3.25. The van der Waals surface area contributed by atoms with Crippen molar-refractivity contribution in [2.24, 2.45) is 0 Å². The van der Waals surface area contributed by atoms with Crippen LogP contribution in [0.1, 0.15) is 15.9 Å². The molecule has 1 amide bonds. The van der Waals surface area contributed by atoms with E-state index in [4.69, 9.17) is 10.2 Å². The summed E-state index contributed by atoms with van der Waals surface area (Å²) in [6, 6.07) is 3.30. The molecule has 3 N–H and O–H groups in total. The van der Waals surface area contributed by atoms with Crippen molar-refractivity contribution < 1.29 is 19.9 Å². The Kier molecular flexibility index (Phi) is 4.75. The predicted molar refractivity (Wildman–Crippen MR) is 63.3 cm³/mol. The second-order valence-electron chi connectivity index (χ2n) is 3.79. The van der Waals surface area contributed by atoms with Gasteiger partial charge in [-0.25, -0.2) is 0 Å². The van der Waals surface area contributed by atoms with Crippen LogP contribution in [0.4, 0.5) is 5.69 Å². The van der Waals surface area contributed by atoms with Crippen molar-refractivity contribution in [2.45, 2.75) is 13.0 Å². The summed E-state index contributed by atoms with van der Waals surface area (Å²) >= 11 is 0. The average molecular weight is 254 g/mol. The molecule has 0 spiro atoms. The fourth-order valence-electron chi connectivity index (χ4n) is 1.37. The van der Waals surface area contributed by atoms with Gasteiger partial charge in [0.15, 0.2) is 0 Å². The van der Waals surface area contributed by atoms with E-state index in [-0.39, 0.29) is 11.3 Å². The van der Waals surface area contributed by atoms with Crippen LogP contribution >= 0.6 is 0 Å². The van der Waals surface area contributed by atoms with E-state index in [0.717, 1.165) is 6.07 Å². The zero-order chi connectivity index (χ0) is 13.7. The summed E-state index contributed by atoms with van der Waals surface area (Å²) in [5, 5.41) is 30.7. The number of amides is 1. The summed E-state index contributed by atoms with van der Waals surface area (Å²) in [4.78, 5) is 21.9. The Hall–Kier alpha value is -1.99. The highest BCUT2D eigenvalue weighted by molar-refractivity contribution is 5.95. The fraction of sp³-hybridized carbons (Fsp3) is 0.364. The Bertz CT molecular complexity index is 457. The summed E-state index contributed by atoms with van der Waals surface area (Å²) in [5.41, 5.74) is 0.420. The number of carbonyl (C=O) groups excluding carboxylic acids is 1. The predicted octanol–water partition coefficient (Wildman–Crippen LogP) is -0.0138. The van der Waals surface area contributed by atoms with Gasteiger partial charge in [-0.2, -0.15) is 0 Å². The van der Waals surface area contributed by atoms with E-state index in [1.807, 2.05) is 0 Å². The van der Waals surface area contributed by atoms with Gasteiger partial charge in [-0.05, 0) is 13.0 Å². The summed E-state index contributed by atoms with van der Waals surface area (Å²) in [7, 11) is 0. The van der Waals surface area contributed by atoms with Gasteiger partial charge < -0.3 is 15.5 Å². The van der Waals surface area contributed by atoms with Gasteiger partial charge in [0.2, 0.25) is 0 Å². The molecule has 0 heterocycles. The number of benzene rings is 1. The number of nitro groups is 1. The number of nitrogens with one attached hydrogen (secondary N) is 1. The van der Waals surface area contributed by atoms with Gasteiger partial charge >= 0.3 is 0 Å². The van der Waals surface area contributed by atoms with Gasteiger partial charge in [-0.1, -0.05) is 6.07 Å². The second kappa shape index (κ2) is 6.08. The standard InChI is InChI=1S/C11H14N2O5/c1-7-2-3-8(4-10(7)13(17)18)11(16)12-9(5-14)6-15/h2-4,9,14-15H,5-6H2,1H3,(H,12,16). The van der Waals surface area contributed by atoms with Crippen LogP contribution in [0.25, 0.3) is 0 Å². The molecule has 0 radical (unpaired) electrons. The van der Waals surface area contributed by atoms with Crippen LogP contribution in [0.15, 0.2) is 18.2 Å². The molecule has 0 bridgehead atoms. The number of nitrogens with zero attached hydrogens (tertiary/aromatic N) is 1. The van der Waals surface area contributed by atoms with Crippen molar-refractivity contribution in [1.29, 1.82) is 0 Å². The highest BCUT2D eigenvalue weighted by Crippen LogP contribution is 2.19. The van der Waals surface area contributed by atoms with E-state index < -0.39 is 30.1 Å². The minimum Gasteiger partial charge on any atom is -0.394 e. The lowest BCUT2D eigenvalue weighted by molar-refractivity contribution is -0.385. The van der Waals surface area contributed by atoms with Crippen molar-refractivity contribution in [2.75, 3.05) is 13.2 Å². The van der Waals surface area contributed by atoms with Crippen LogP contribution < -0.4 is 5.32 Å². The van der Waals surface area contributed by atoms with Crippen LogP contribution in [-0.2, 0) is 0 Å².